The molecule has 0 spiro atoms. The SMILES string of the molecule is CCNc1ccc([N+](=O)[O-])cc1S(=O)(=O)NC(=O)/C=C/c1c(C)nn(C)c1Cl. The number of non-ortho nitro benzene ring substituents is 1. The van der Waals surface area contributed by atoms with E-state index in [2.05, 4.69) is 10.4 Å². The lowest BCUT2D eigenvalue weighted by molar-refractivity contribution is -0.385. The number of sulfonamides is 1. The Bertz CT molecular complexity index is 1060. The molecule has 2 aromatic rings. The van der Waals surface area contributed by atoms with Crippen LogP contribution in [-0.4, -0.2) is 35.6 Å². The number of hydrogen-bond donors (Lipinski definition) is 2. The van der Waals surface area contributed by atoms with E-state index in [1.807, 2.05) is 4.72 Å². The third-order valence-corrected chi connectivity index (χ3v) is 5.50. The second-order valence-corrected chi connectivity index (χ2v) is 7.69. The number of nitro benzene ring substituents is 1. The minimum atomic E-state index is -4.36. The second-order valence-electron chi connectivity index (χ2n) is 5.68. The molecule has 1 heterocycles. The summed E-state index contributed by atoms with van der Waals surface area (Å²) in [4.78, 5) is 22.0. The quantitative estimate of drug-likeness (QED) is 0.392. The molecular formula is C16H18ClN5O5S. The van der Waals surface area contributed by atoms with Gasteiger partial charge in [-0.05, 0) is 26.0 Å². The van der Waals surface area contributed by atoms with Crippen molar-refractivity contribution in [2.75, 3.05) is 11.9 Å². The summed E-state index contributed by atoms with van der Waals surface area (Å²) < 4.78 is 28.5. The number of amides is 1. The van der Waals surface area contributed by atoms with Crippen LogP contribution in [0.2, 0.25) is 5.15 Å². The van der Waals surface area contributed by atoms with Gasteiger partial charge in [-0.3, -0.25) is 19.6 Å². The summed E-state index contributed by atoms with van der Waals surface area (Å²) >= 11 is 6.06. The molecule has 10 nitrogen and oxygen atoms in total. The van der Waals surface area contributed by atoms with Crippen LogP contribution in [0.4, 0.5) is 11.4 Å². The number of carbonyl (C=O) groups is 1. The number of carbonyl (C=O) groups excluding carboxylic acids is 1. The number of aromatic nitrogens is 2. The fraction of sp³-hybridized carbons (Fsp3) is 0.250. The maximum atomic E-state index is 12.6. The van der Waals surface area contributed by atoms with E-state index in [4.69, 9.17) is 11.6 Å². The number of nitrogens with one attached hydrogen (secondary N) is 2. The molecule has 0 saturated heterocycles. The monoisotopic (exact) mass is 427 g/mol. The minimum Gasteiger partial charge on any atom is -0.384 e. The highest BCUT2D eigenvalue weighted by Crippen LogP contribution is 2.26. The van der Waals surface area contributed by atoms with Crippen LogP contribution in [0, 0.1) is 17.0 Å². The van der Waals surface area contributed by atoms with E-state index in [9.17, 15) is 23.3 Å². The first-order valence-electron chi connectivity index (χ1n) is 8.03. The molecule has 1 aromatic heterocycles. The average Bonchev–Trinajstić information content (AvgIpc) is 2.85. The van der Waals surface area contributed by atoms with Gasteiger partial charge in [-0.2, -0.15) is 5.10 Å². The summed E-state index contributed by atoms with van der Waals surface area (Å²) in [5.41, 5.74) is 0.763. The van der Waals surface area contributed by atoms with Crippen molar-refractivity contribution in [3.63, 3.8) is 0 Å². The number of benzene rings is 1. The molecule has 12 heteroatoms. The number of hydrogen-bond acceptors (Lipinski definition) is 7. The maximum absolute atomic E-state index is 12.6. The summed E-state index contributed by atoms with van der Waals surface area (Å²) in [6, 6.07) is 3.33. The third-order valence-electron chi connectivity index (χ3n) is 3.67. The van der Waals surface area contributed by atoms with Crippen LogP contribution in [0.15, 0.2) is 29.2 Å². The van der Waals surface area contributed by atoms with Crippen molar-refractivity contribution in [3.05, 3.63) is 50.8 Å². The molecule has 150 valence electrons. The Kier molecular flexibility index (Phi) is 6.41. The molecule has 2 rings (SSSR count). The molecule has 0 aliphatic rings. The molecule has 0 saturated carbocycles. The first-order chi connectivity index (χ1) is 13.1. The van der Waals surface area contributed by atoms with Crippen LogP contribution in [0.5, 0.6) is 0 Å². The fourth-order valence-electron chi connectivity index (χ4n) is 2.40. The highest BCUT2D eigenvalue weighted by molar-refractivity contribution is 7.90. The van der Waals surface area contributed by atoms with Gasteiger partial charge in [-0.1, -0.05) is 11.6 Å². The van der Waals surface area contributed by atoms with Gasteiger partial charge in [0, 0.05) is 37.4 Å². The van der Waals surface area contributed by atoms with Gasteiger partial charge in [0.05, 0.1) is 16.3 Å². The number of rotatable bonds is 7. The van der Waals surface area contributed by atoms with Gasteiger partial charge in [0.1, 0.15) is 10.0 Å². The summed E-state index contributed by atoms with van der Waals surface area (Å²) in [7, 11) is -2.73. The molecular weight excluding hydrogens is 410 g/mol. The lowest BCUT2D eigenvalue weighted by Gasteiger charge is -2.11. The van der Waals surface area contributed by atoms with Gasteiger partial charge in [0.25, 0.3) is 21.6 Å². The van der Waals surface area contributed by atoms with E-state index in [1.54, 1.807) is 20.9 Å². The van der Waals surface area contributed by atoms with Gasteiger partial charge in [0.15, 0.2) is 0 Å². The summed E-state index contributed by atoms with van der Waals surface area (Å²) in [6.45, 7) is 3.80. The zero-order valence-electron chi connectivity index (χ0n) is 15.3. The van der Waals surface area contributed by atoms with Crippen LogP contribution in [0.1, 0.15) is 18.2 Å². The predicted octanol–water partition coefficient (Wildman–Crippen LogP) is 2.24. The van der Waals surface area contributed by atoms with Crippen LogP contribution < -0.4 is 10.0 Å². The highest BCUT2D eigenvalue weighted by atomic mass is 35.5. The smallest absolute Gasteiger partial charge is 0.270 e. The molecule has 28 heavy (non-hydrogen) atoms. The van der Waals surface area contributed by atoms with Gasteiger partial charge in [-0.15, -0.1) is 0 Å². The predicted molar refractivity (Wildman–Crippen MR) is 105 cm³/mol. The van der Waals surface area contributed by atoms with Crippen LogP contribution >= 0.6 is 11.6 Å². The molecule has 0 unspecified atom stereocenters. The van der Waals surface area contributed by atoms with E-state index in [0.717, 1.165) is 12.1 Å². The van der Waals surface area contributed by atoms with Crippen molar-refractivity contribution >= 4 is 45.0 Å². The molecule has 2 N–H and O–H groups in total. The van der Waals surface area contributed by atoms with Gasteiger partial charge < -0.3 is 5.32 Å². The van der Waals surface area contributed by atoms with Crippen molar-refractivity contribution < 1.29 is 18.1 Å². The topological polar surface area (TPSA) is 136 Å². The summed E-state index contributed by atoms with van der Waals surface area (Å²) in [5.74, 6) is -0.937. The number of nitro groups is 1. The van der Waals surface area contributed by atoms with Gasteiger partial charge in [0.2, 0.25) is 0 Å². The van der Waals surface area contributed by atoms with E-state index in [0.29, 0.717) is 17.8 Å². The lowest BCUT2D eigenvalue weighted by Crippen LogP contribution is -2.29. The fourth-order valence-corrected chi connectivity index (χ4v) is 3.79. The Morgan fingerprint density at radius 1 is 1.43 bits per heavy atom. The van der Waals surface area contributed by atoms with Crippen LogP contribution in [-0.2, 0) is 21.9 Å². The van der Waals surface area contributed by atoms with Gasteiger partial charge in [-0.25, -0.2) is 13.1 Å². The standard InChI is InChI=1S/C16H18ClN5O5S/c1-4-18-13-7-5-11(22(24)25)9-14(13)28(26,27)20-15(23)8-6-12-10(2)19-21(3)16(12)17/h5-9,18H,4H2,1-3H3,(H,20,23)/b8-6+. The number of halogens is 1. The van der Waals surface area contributed by atoms with Crippen molar-refractivity contribution in [3.8, 4) is 0 Å². The van der Waals surface area contributed by atoms with Gasteiger partial charge >= 0.3 is 0 Å². The average molecular weight is 428 g/mol. The Morgan fingerprint density at radius 3 is 2.64 bits per heavy atom. The Balaban J connectivity index is 2.32. The Hall–Kier alpha value is -2.92. The molecule has 0 aliphatic heterocycles. The van der Waals surface area contributed by atoms with Crippen molar-refractivity contribution in [1.82, 2.24) is 14.5 Å². The molecule has 0 fully saturated rings. The third kappa shape index (κ3) is 4.67. The highest BCUT2D eigenvalue weighted by Gasteiger charge is 2.23. The van der Waals surface area contributed by atoms with E-state index in [1.165, 1.54) is 22.9 Å². The molecule has 0 atom stereocenters. The van der Waals surface area contributed by atoms with Crippen LogP contribution in [0.25, 0.3) is 6.08 Å². The Labute approximate surface area is 166 Å². The van der Waals surface area contributed by atoms with E-state index < -0.39 is 31.4 Å². The normalized spacial score (nSPS) is 11.6. The van der Waals surface area contributed by atoms with Crippen LogP contribution in [0.3, 0.4) is 0 Å². The zero-order chi connectivity index (χ0) is 21.1. The summed E-state index contributed by atoms with van der Waals surface area (Å²) in [5, 5.41) is 18.1. The lowest BCUT2D eigenvalue weighted by atomic mass is 10.2. The molecule has 0 aliphatic carbocycles. The van der Waals surface area contributed by atoms with E-state index >= 15 is 0 Å². The first-order valence-corrected chi connectivity index (χ1v) is 9.89. The second kappa shape index (κ2) is 8.40. The zero-order valence-corrected chi connectivity index (χ0v) is 16.8. The van der Waals surface area contributed by atoms with Crippen molar-refractivity contribution in [1.29, 1.82) is 0 Å². The minimum absolute atomic E-state index is 0.142. The van der Waals surface area contributed by atoms with Crippen molar-refractivity contribution in [2.45, 2.75) is 18.7 Å². The molecule has 1 aromatic carbocycles. The molecule has 1 amide bonds. The number of aryl methyl sites for hydroxylation is 2. The summed E-state index contributed by atoms with van der Waals surface area (Å²) in [6.07, 6.45) is 2.34. The Morgan fingerprint density at radius 2 is 2.11 bits per heavy atom. The van der Waals surface area contributed by atoms with E-state index in [-0.39, 0.29) is 10.8 Å². The molecule has 0 radical (unpaired) electrons. The maximum Gasteiger partial charge on any atom is 0.270 e. The number of anilines is 1. The molecule has 0 bridgehead atoms. The van der Waals surface area contributed by atoms with Crippen molar-refractivity contribution in [2.24, 2.45) is 7.05 Å². The first kappa shape index (κ1) is 21.4. The largest absolute Gasteiger partial charge is 0.384 e. The number of nitrogens with zero attached hydrogens (tertiary/aromatic N) is 3.